The zero-order chi connectivity index (χ0) is 21.1. The molecule has 0 radical (unpaired) electrons. The van der Waals surface area contributed by atoms with Crippen molar-refractivity contribution in [3.8, 4) is 16.3 Å². The number of imidazole rings is 1. The maximum absolute atomic E-state index is 11.6. The van der Waals surface area contributed by atoms with Crippen molar-refractivity contribution >= 4 is 40.4 Å². The van der Waals surface area contributed by atoms with Crippen LogP contribution in [-0.4, -0.2) is 22.1 Å². The molecule has 0 bridgehead atoms. The van der Waals surface area contributed by atoms with E-state index in [2.05, 4.69) is 10.3 Å². The van der Waals surface area contributed by atoms with E-state index in [1.54, 1.807) is 36.6 Å². The van der Waals surface area contributed by atoms with Gasteiger partial charge in [0.2, 0.25) is 0 Å². The quantitative estimate of drug-likeness (QED) is 0.374. The molecular weight excluding hydrogens is 422 g/mol. The molecule has 1 N–H and O–H groups in total. The third kappa shape index (κ3) is 4.27. The Labute approximate surface area is 183 Å². The summed E-state index contributed by atoms with van der Waals surface area (Å²) in [5, 5.41) is 5.35. The number of carbonyl (C=O) groups is 1. The zero-order valence-corrected chi connectivity index (χ0v) is 18.0. The maximum Gasteiger partial charge on any atom is 0.411 e. The smallest absolute Gasteiger partial charge is 0.411 e. The highest BCUT2D eigenvalue weighted by Gasteiger charge is 2.14. The fraction of sp³-hybridized carbons (Fsp3) is 0.182. The minimum atomic E-state index is -0.485. The molecule has 0 unspecified atom stereocenters. The lowest BCUT2D eigenvalue weighted by molar-refractivity contribution is 0.168. The number of nitrogens with one attached hydrogen (secondary N) is 1. The average Bonchev–Trinajstić information content (AvgIpc) is 3.34. The van der Waals surface area contributed by atoms with E-state index < -0.39 is 6.09 Å². The highest BCUT2D eigenvalue weighted by Crippen LogP contribution is 2.35. The number of halogens is 1. The summed E-state index contributed by atoms with van der Waals surface area (Å²) in [4.78, 5) is 17.1. The third-order valence-corrected chi connectivity index (χ3v) is 5.79. The van der Waals surface area contributed by atoms with E-state index in [1.165, 1.54) is 0 Å². The molecule has 4 aromatic rings. The minimum Gasteiger partial charge on any atom is -0.485 e. The van der Waals surface area contributed by atoms with Crippen LogP contribution in [0.4, 0.5) is 10.5 Å². The van der Waals surface area contributed by atoms with E-state index in [9.17, 15) is 4.79 Å². The molecule has 30 heavy (non-hydrogen) atoms. The molecule has 1 amide bonds. The number of thiophene rings is 1. The Morgan fingerprint density at radius 2 is 2.13 bits per heavy atom. The summed E-state index contributed by atoms with van der Waals surface area (Å²) in [7, 11) is 0. The molecule has 3 aromatic heterocycles. The van der Waals surface area contributed by atoms with E-state index >= 15 is 0 Å². The molecule has 1 aromatic carbocycles. The van der Waals surface area contributed by atoms with Crippen LogP contribution in [0.1, 0.15) is 25.5 Å². The first-order valence-corrected chi connectivity index (χ1v) is 10.7. The Balaban J connectivity index is 1.53. The molecule has 0 saturated carbocycles. The van der Waals surface area contributed by atoms with Crippen LogP contribution in [0.2, 0.25) is 5.02 Å². The summed E-state index contributed by atoms with van der Waals surface area (Å²) < 4.78 is 13.0. The maximum atomic E-state index is 11.6. The number of pyridine rings is 1. The molecule has 3 heterocycles. The van der Waals surface area contributed by atoms with Crippen molar-refractivity contribution in [3.05, 3.63) is 70.8 Å². The summed E-state index contributed by atoms with van der Waals surface area (Å²) in [5.74, 6) is 0.776. The lowest BCUT2D eigenvalue weighted by atomic mass is 10.1. The first kappa shape index (κ1) is 20.3. The first-order chi connectivity index (χ1) is 14.5. The normalized spacial score (nSPS) is 12.0. The average molecular weight is 442 g/mol. The number of hydrogen-bond acceptors (Lipinski definition) is 5. The van der Waals surface area contributed by atoms with Gasteiger partial charge in [-0.1, -0.05) is 29.8 Å². The second-order valence-electron chi connectivity index (χ2n) is 6.56. The number of aromatic nitrogens is 2. The molecule has 0 aliphatic carbocycles. The monoisotopic (exact) mass is 441 g/mol. The Morgan fingerprint density at radius 3 is 2.93 bits per heavy atom. The number of rotatable bonds is 6. The van der Waals surface area contributed by atoms with Crippen LogP contribution in [0, 0.1) is 0 Å². The Kier molecular flexibility index (Phi) is 5.92. The van der Waals surface area contributed by atoms with Gasteiger partial charge < -0.3 is 9.47 Å². The van der Waals surface area contributed by atoms with E-state index in [1.807, 2.05) is 53.2 Å². The van der Waals surface area contributed by atoms with Crippen molar-refractivity contribution in [1.82, 2.24) is 9.38 Å². The van der Waals surface area contributed by atoms with Crippen LogP contribution >= 0.6 is 22.9 Å². The highest BCUT2D eigenvalue weighted by atomic mass is 35.5. The van der Waals surface area contributed by atoms with Crippen LogP contribution < -0.4 is 10.1 Å². The molecule has 8 heteroatoms. The van der Waals surface area contributed by atoms with Gasteiger partial charge in [0.1, 0.15) is 17.5 Å². The van der Waals surface area contributed by atoms with Crippen molar-refractivity contribution in [3.63, 3.8) is 0 Å². The number of ether oxygens (including phenoxy) is 2. The molecule has 0 fully saturated rings. The Hall–Kier alpha value is -3.03. The fourth-order valence-electron chi connectivity index (χ4n) is 3.11. The van der Waals surface area contributed by atoms with Crippen LogP contribution in [-0.2, 0) is 4.74 Å². The van der Waals surface area contributed by atoms with Gasteiger partial charge in [-0.25, -0.2) is 9.78 Å². The molecular formula is C22H20ClN3O3S. The van der Waals surface area contributed by atoms with Gasteiger partial charge in [-0.05, 0) is 26.0 Å². The molecule has 6 nitrogen and oxygen atoms in total. The summed E-state index contributed by atoms with van der Waals surface area (Å²) in [6.45, 7) is 4.06. The number of amides is 1. The number of fused-ring (bicyclic) bond motifs is 1. The molecule has 0 aliphatic heterocycles. The summed E-state index contributed by atoms with van der Waals surface area (Å²) in [6, 6.07) is 13.3. The van der Waals surface area contributed by atoms with Gasteiger partial charge in [0.15, 0.2) is 0 Å². The van der Waals surface area contributed by atoms with Crippen molar-refractivity contribution in [2.75, 3.05) is 11.9 Å². The van der Waals surface area contributed by atoms with E-state index in [0.29, 0.717) is 17.3 Å². The molecule has 154 valence electrons. The van der Waals surface area contributed by atoms with E-state index in [0.717, 1.165) is 27.5 Å². The SMILES string of the molecule is CCOC(=O)Nc1ccn2c(-c3cc(O[C@@H](C)c4ccccc4Cl)cs3)cnc2c1. The first-order valence-electron chi connectivity index (χ1n) is 9.46. The van der Waals surface area contributed by atoms with Gasteiger partial charge in [0.25, 0.3) is 0 Å². The third-order valence-electron chi connectivity index (χ3n) is 4.52. The van der Waals surface area contributed by atoms with Crippen LogP contribution in [0.15, 0.2) is 60.2 Å². The fourth-order valence-corrected chi connectivity index (χ4v) is 4.23. The summed E-state index contributed by atoms with van der Waals surface area (Å²) >= 11 is 7.85. The minimum absolute atomic E-state index is 0.167. The van der Waals surface area contributed by atoms with Crippen molar-refractivity contribution in [2.45, 2.75) is 20.0 Å². The number of carbonyl (C=O) groups excluding carboxylic acids is 1. The lowest BCUT2D eigenvalue weighted by Crippen LogP contribution is -2.13. The number of benzene rings is 1. The van der Waals surface area contributed by atoms with E-state index in [4.69, 9.17) is 21.1 Å². The second-order valence-corrected chi connectivity index (χ2v) is 7.88. The molecule has 0 spiro atoms. The van der Waals surface area contributed by atoms with Gasteiger partial charge in [-0.3, -0.25) is 9.72 Å². The standard InChI is InChI=1S/C22H20ClN3O3S/c1-3-28-22(27)25-15-8-9-26-19(12-24-21(26)10-15)20-11-16(13-30-20)29-14(2)17-6-4-5-7-18(17)23/h4-14H,3H2,1-2H3,(H,25,27)/t14-/m0/s1. The van der Waals surface area contributed by atoms with Gasteiger partial charge >= 0.3 is 6.09 Å². The lowest BCUT2D eigenvalue weighted by Gasteiger charge is -2.15. The van der Waals surface area contributed by atoms with Crippen molar-refractivity contribution in [2.24, 2.45) is 0 Å². The van der Waals surface area contributed by atoms with Crippen molar-refractivity contribution in [1.29, 1.82) is 0 Å². The molecule has 4 rings (SSSR count). The van der Waals surface area contributed by atoms with E-state index in [-0.39, 0.29) is 6.10 Å². The molecule has 0 aliphatic rings. The van der Waals surface area contributed by atoms with Gasteiger partial charge in [-0.2, -0.15) is 0 Å². The molecule has 0 saturated heterocycles. The van der Waals surface area contributed by atoms with Gasteiger partial charge in [0, 0.05) is 40.0 Å². The van der Waals surface area contributed by atoms with Crippen molar-refractivity contribution < 1.29 is 14.3 Å². The predicted octanol–water partition coefficient (Wildman–Crippen LogP) is 6.42. The van der Waals surface area contributed by atoms with Gasteiger partial charge in [0.05, 0.1) is 23.4 Å². The topological polar surface area (TPSA) is 64.9 Å². The number of hydrogen-bond donors (Lipinski definition) is 1. The summed E-state index contributed by atoms with van der Waals surface area (Å²) in [6.07, 6.45) is 3.02. The second kappa shape index (κ2) is 8.77. The number of nitrogens with zero attached hydrogens (tertiary/aromatic N) is 2. The molecule has 1 atom stereocenters. The predicted molar refractivity (Wildman–Crippen MR) is 120 cm³/mol. The van der Waals surface area contributed by atoms with Gasteiger partial charge in [-0.15, -0.1) is 11.3 Å². The zero-order valence-electron chi connectivity index (χ0n) is 16.5. The number of anilines is 1. The van der Waals surface area contributed by atoms with Crippen LogP contribution in [0.3, 0.4) is 0 Å². The highest BCUT2D eigenvalue weighted by molar-refractivity contribution is 7.13. The Bertz CT molecular complexity index is 1190. The largest absolute Gasteiger partial charge is 0.485 e. The Morgan fingerprint density at radius 1 is 1.30 bits per heavy atom. The van der Waals surface area contributed by atoms with Crippen LogP contribution in [0.25, 0.3) is 16.2 Å². The van der Waals surface area contributed by atoms with Crippen LogP contribution in [0.5, 0.6) is 5.75 Å². The summed E-state index contributed by atoms with van der Waals surface area (Å²) in [5.41, 5.74) is 3.24.